The Bertz CT molecular complexity index is 671. The summed E-state index contributed by atoms with van der Waals surface area (Å²) in [5, 5.41) is 0. The molecule has 0 spiro atoms. The molecule has 2 aromatic carbocycles. The van der Waals surface area contributed by atoms with Crippen LogP contribution in [0.5, 0.6) is 0 Å². The van der Waals surface area contributed by atoms with Crippen LogP contribution in [0.15, 0.2) is 59.5 Å². The Morgan fingerprint density at radius 3 is 1.95 bits per heavy atom. The minimum absolute atomic E-state index is 0. The zero-order chi connectivity index (χ0) is 15.8. The fourth-order valence-corrected chi connectivity index (χ4v) is 2.77. The van der Waals surface area contributed by atoms with Crippen molar-refractivity contribution in [1.82, 2.24) is 0 Å². The van der Waals surface area contributed by atoms with Gasteiger partial charge in [0.15, 0.2) is 0 Å². The maximum absolute atomic E-state index is 11.4. The van der Waals surface area contributed by atoms with Gasteiger partial charge in [-0.25, -0.2) is 32.7 Å². The van der Waals surface area contributed by atoms with Crippen LogP contribution < -0.4 is 0 Å². The second kappa shape index (κ2) is 9.94. The smallest absolute Gasteiger partial charge is 0.286 e. The first-order valence-electron chi connectivity index (χ1n) is 6.04. The zero-order valence-corrected chi connectivity index (χ0v) is 14.2. The van der Waals surface area contributed by atoms with Crippen LogP contribution in [0.4, 0.5) is 0 Å². The Morgan fingerprint density at radius 1 is 1.00 bits per heavy atom. The molecule has 0 radical (unpaired) electrons. The molecule has 0 aliphatic rings. The Labute approximate surface area is 141 Å². The van der Waals surface area contributed by atoms with Crippen LogP contribution in [-0.4, -0.2) is 33.7 Å². The third kappa shape index (κ3) is 9.14. The van der Waals surface area contributed by atoms with Crippen LogP contribution in [0, 0.1) is 0 Å². The summed E-state index contributed by atoms with van der Waals surface area (Å²) in [5.74, 6) is -0.524. The third-order valence-electron chi connectivity index (χ3n) is 2.26. The van der Waals surface area contributed by atoms with E-state index < -0.39 is 26.0 Å². The molecule has 124 valence electrons. The Kier molecular flexibility index (Phi) is 9.50. The Balaban J connectivity index is 0.000000622. The van der Waals surface area contributed by atoms with E-state index in [2.05, 4.69) is 4.18 Å². The van der Waals surface area contributed by atoms with Crippen LogP contribution >= 0.6 is 0 Å². The summed E-state index contributed by atoms with van der Waals surface area (Å²) < 4.78 is 56.4. The average Bonchev–Trinajstić information content (AvgIpc) is 3.07. The van der Waals surface area contributed by atoms with E-state index in [-0.39, 0.29) is 35.0 Å². The molecular formula is C13H16FeO6S2. The molecule has 0 aromatic heterocycles. The van der Waals surface area contributed by atoms with Crippen molar-refractivity contribution in [2.75, 3.05) is 12.4 Å². The maximum atomic E-state index is 11.4. The van der Waals surface area contributed by atoms with Gasteiger partial charge in [0.25, 0.3) is 10.1 Å². The molecule has 0 saturated heterocycles. The van der Waals surface area contributed by atoms with Crippen LogP contribution in [0.3, 0.4) is 0 Å². The second-order valence-electron chi connectivity index (χ2n) is 4.00. The Morgan fingerprint density at radius 2 is 1.55 bits per heavy atom. The molecule has 0 heterocycles. The van der Waals surface area contributed by atoms with Crippen molar-refractivity contribution in [3.63, 3.8) is 0 Å². The van der Waals surface area contributed by atoms with Crippen LogP contribution in [0.2, 0.25) is 0 Å². The fourth-order valence-electron chi connectivity index (χ4n) is 1.32. The zero-order valence-electron chi connectivity index (χ0n) is 11.5. The summed E-state index contributed by atoms with van der Waals surface area (Å²) in [4.78, 5) is 0.0272. The molecule has 6 nitrogen and oxygen atoms in total. The molecule has 9 heteroatoms. The molecule has 0 aliphatic heterocycles. The summed E-state index contributed by atoms with van der Waals surface area (Å²) in [6.45, 7) is -0.284. The van der Waals surface area contributed by atoms with Gasteiger partial charge in [-0.05, 0) is 11.3 Å². The standard InChI is InChI=1S/C8H11O6S2.C5H5.Fe/c9-15(10,11)7-3-6-14-16(12,13)8-4-1-2-5-8;1-2-4-5-3-1;/h1-2,4-5H,3,6-7H2,(H,9,10,11);1-5H;/q2*-1;+2. The molecule has 1 N–H and O–H groups in total. The summed E-state index contributed by atoms with van der Waals surface area (Å²) in [7, 11) is -7.88. The molecule has 0 bridgehead atoms. The van der Waals surface area contributed by atoms with E-state index in [1.807, 2.05) is 30.3 Å². The van der Waals surface area contributed by atoms with Crippen molar-refractivity contribution in [3.8, 4) is 0 Å². The number of hydrogen-bond donors (Lipinski definition) is 1. The van der Waals surface area contributed by atoms with E-state index in [0.29, 0.717) is 0 Å². The van der Waals surface area contributed by atoms with Crippen LogP contribution in [0.25, 0.3) is 0 Å². The fraction of sp³-hybridized carbons (Fsp3) is 0.231. The van der Waals surface area contributed by atoms with E-state index in [1.165, 1.54) is 12.1 Å². The topological polar surface area (TPSA) is 97.7 Å². The molecule has 2 aromatic rings. The van der Waals surface area contributed by atoms with Gasteiger partial charge in [-0.1, -0.05) is 0 Å². The van der Waals surface area contributed by atoms with Gasteiger partial charge in [0, 0.05) is 0 Å². The van der Waals surface area contributed by atoms with E-state index in [9.17, 15) is 16.8 Å². The first kappa shape index (κ1) is 21.0. The molecule has 2 rings (SSSR count). The first-order valence-corrected chi connectivity index (χ1v) is 9.06. The first-order chi connectivity index (χ1) is 9.81. The largest absolute Gasteiger partial charge is 2.00 e. The normalized spacial score (nSPS) is 11.1. The van der Waals surface area contributed by atoms with Gasteiger partial charge in [-0.2, -0.15) is 38.7 Å². The van der Waals surface area contributed by atoms with Gasteiger partial charge < -0.3 is 0 Å². The predicted molar refractivity (Wildman–Crippen MR) is 78.2 cm³/mol. The van der Waals surface area contributed by atoms with E-state index in [1.54, 1.807) is 12.1 Å². The maximum Gasteiger partial charge on any atom is 2.00 e. The van der Waals surface area contributed by atoms with Crippen molar-refractivity contribution >= 4 is 20.2 Å². The summed E-state index contributed by atoms with van der Waals surface area (Å²) in [6.07, 6.45) is -0.0846. The molecule has 0 saturated carbocycles. The van der Waals surface area contributed by atoms with Crippen molar-refractivity contribution in [2.45, 2.75) is 11.3 Å². The van der Waals surface area contributed by atoms with Gasteiger partial charge in [0.2, 0.25) is 10.1 Å². The molecule has 0 fully saturated rings. The molecule has 0 amide bonds. The van der Waals surface area contributed by atoms with Crippen LogP contribution in [-0.2, 0) is 41.5 Å². The minimum atomic E-state index is -4.07. The van der Waals surface area contributed by atoms with Crippen molar-refractivity contribution < 1.29 is 42.6 Å². The van der Waals surface area contributed by atoms with Gasteiger partial charge in [0.1, 0.15) is 0 Å². The average molecular weight is 388 g/mol. The summed E-state index contributed by atoms with van der Waals surface area (Å²) >= 11 is 0. The quantitative estimate of drug-likeness (QED) is 0.266. The van der Waals surface area contributed by atoms with Crippen molar-refractivity contribution in [3.05, 3.63) is 54.6 Å². The monoisotopic (exact) mass is 388 g/mol. The minimum Gasteiger partial charge on any atom is -0.286 e. The van der Waals surface area contributed by atoms with Gasteiger partial charge >= 0.3 is 17.1 Å². The number of hydrogen-bond acceptors (Lipinski definition) is 5. The van der Waals surface area contributed by atoms with Crippen molar-refractivity contribution in [1.29, 1.82) is 0 Å². The molecule has 0 atom stereocenters. The third-order valence-corrected chi connectivity index (χ3v) is 4.39. The van der Waals surface area contributed by atoms with E-state index in [0.717, 1.165) is 0 Å². The van der Waals surface area contributed by atoms with Gasteiger partial charge in [0.05, 0.1) is 12.4 Å². The Hall–Kier alpha value is -0.961. The number of rotatable bonds is 6. The molecular weight excluding hydrogens is 372 g/mol. The summed E-state index contributed by atoms with van der Waals surface area (Å²) in [6, 6.07) is 15.8. The molecule has 0 unspecified atom stereocenters. The van der Waals surface area contributed by atoms with Crippen molar-refractivity contribution in [2.24, 2.45) is 0 Å². The molecule has 0 aliphatic carbocycles. The SMILES string of the molecule is O=S(=O)(O)CCCOS(=O)(=O)[c-]1cccc1.[Fe+2].c1cc[cH-]c1. The second-order valence-corrected chi connectivity index (χ2v) is 7.19. The summed E-state index contributed by atoms with van der Waals surface area (Å²) in [5.41, 5.74) is 0. The van der Waals surface area contributed by atoms with Gasteiger partial charge in [-0.15, -0.1) is 0 Å². The predicted octanol–water partition coefficient (Wildman–Crippen LogP) is 1.79. The van der Waals surface area contributed by atoms with E-state index >= 15 is 0 Å². The molecule has 22 heavy (non-hydrogen) atoms. The van der Waals surface area contributed by atoms with E-state index in [4.69, 9.17) is 4.55 Å². The van der Waals surface area contributed by atoms with Crippen LogP contribution in [0.1, 0.15) is 6.42 Å². The van der Waals surface area contributed by atoms with Gasteiger partial charge in [-0.3, -0.25) is 8.74 Å².